The zero-order chi connectivity index (χ0) is 19.3. The fraction of sp³-hybridized carbons (Fsp3) is 0.571. The van der Waals surface area contributed by atoms with Crippen molar-refractivity contribution in [2.24, 2.45) is 4.99 Å². The van der Waals surface area contributed by atoms with E-state index in [0.717, 1.165) is 62.7 Å². The summed E-state index contributed by atoms with van der Waals surface area (Å²) < 4.78 is 0. The van der Waals surface area contributed by atoms with E-state index in [9.17, 15) is 5.11 Å². The summed E-state index contributed by atoms with van der Waals surface area (Å²) in [5.41, 5.74) is 3.70. The van der Waals surface area contributed by atoms with Crippen LogP contribution in [0, 0.1) is 0 Å². The second-order valence-corrected chi connectivity index (χ2v) is 7.71. The maximum absolute atomic E-state index is 10.4. The molecule has 0 bridgehead atoms. The number of phenolic OH excluding ortho intramolecular Hbond substituents is 1. The number of aromatic nitrogens is 3. The minimum Gasteiger partial charge on any atom is -0.508 e. The van der Waals surface area contributed by atoms with E-state index in [2.05, 4.69) is 38.4 Å². The van der Waals surface area contributed by atoms with E-state index in [1.807, 2.05) is 6.07 Å². The zero-order valence-corrected chi connectivity index (χ0v) is 16.6. The summed E-state index contributed by atoms with van der Waals surface area (Å²) in [5.74, 6) is 2.74. The number of likely N-dealkylation sites (tertiary alicyclic amines) is 1. The molecule has 0 radical (unpaired) electrons. The van der Waals surface area contributed by atoms with E-state index in [0.29, 0.717) is 18.2 Å². The van der Waals surface area contributed by atoms with Gasteiger partial charge < -0.3 is 15.3 Å². The van der Waals surface area contributed by atoms with Crippen molar-refractivity contribution in [3.05, 3.63) is 41.0 Å². The molecule has 150 valence electrons. The highest BCUT2D eigenvalue weighted by Gasteiger charge is 2.24. The number of guanidine groups is 1. The van der Waals surface area contributed by atoms with Gasteiger partial charge >= 0.3 is 0 Å². The van der Waals surface area contributed by atoms with Crippen LogP contribution in [0.1, 0.15) is 61.0 Å². The third kappa shape index (κ3) is 3.98. The van der Waals surface area contributed by atoms with Crippen LogP contribution < -0.4 is 5.32 Å². The first-order chi connectivity index (χ1) is 13.8. The molecule has 0 spiro atoms. The SMILES string of the molecule is CCNC(=NCc1c(O)ccc2c1CCCC2)N1CCC(c2ncn[nH]2)CC1. The van der Waals surface area contributed by atoms with Crippen LogP contribution in [0.15, 0.2) is 23.5 Å². The Labute approximate surface area is 166 Å². The van der Waals surface area contributed by atoms with Gasteiger partial charge in [-0.15, -0.1) is 0 Å². The molecule has 1 saturated heterocycles. The highest BCUT2D eigenvalue weighted by molar-refractivity contribution is 5.80. The van der Waals surface area contributed by atoms with Crippen molar-refractivity contribution in [3.63, 3.8) is 0 Å². The highest BCUT2D eigenvalue weighted by Crippen LogP contribution is 2.31. The number of hydrogen-bond acceptors (Lipinski definition) is 4. The fourth-order valence-electron chi connectivity index (χ4n) is 4.42. The number of rotatable bonds is 4. The molecular weight excluding hydrogens is 352 g/mol. The number of piperidine rings is 1. The largest absolute Gasteiger partial charge is 0.508 e. The number of phenols is 1. The zero-order valence-electron chi connectivity index (χ0n) is 16.6. The molecule has 28 heavy (non-hydrogen) atoms. The first kappa shape index (κ1) is 18.8. The molecule has 7 nitrogen and oxygen atoms in total. The summed E-state index contributed by atoms with van der Waals surface area (Å²) in [6, 6.07) is 3.92. The van der Waals surface area contributed by atoms with Gasteiger partial charge in [-0.25, -0.2) is 9.98 Å². The number of aromatic hydroxyl groups is 1. The molecule has 4 rings (SSSR count). The average molecular weight is 383 g/mol. The van der Waals surface area contributed by atoms with Crippen LogP contribution in [-0.4, -0.2) is 50.8 Å². The molecule has 2 aliphatic rings. The van der Waals surface area contributed by atoms with Crippen molar-refractivity contribution in [2.75, 3.05) is 19.6 Å². The molecule has 1 aromatic heterocycles. The number of nitrogens with one attached hydrogen (secondary N) is 2. The number of aromatic amines is 1. The van der Waals surface area contributed by atoms with Gasteiger partial charge in [-0.1, -0.05) is 6.07 Å². The normalized spacial score (nSPS) is 18.2. The van der Waals surface area contributed by atoms with Gasteiger partial charge in [-0.3, -0.25) is 5.10 Å². The minimum atomic E-state index is 0.379. The Morgan fingerprint density at radius 1 is 1.29 bits per heavy atom. The van der Waals surface area contributed by atoms with Gasteiger partial charge in [0.2, 0.25) is 0 Å². The average Bonchev–Trinajstić information content (AvgIpc) is 3.27. The van der Waals surface area contributed by atoms with Crippen molar-refractivity contribution in [1.29, 1.82) is 0 Å². The lowest BCUT2D eigenvalue weighted by atomic mass is 9.88. The topological polar surface area (TPSA) is 89.4 Å². The number of H-pyrrole nitrogens is 1. The summed E-state index contributed by atoms with van der Waals surface area (Å²) in [7, 11) is 0. The Balaban J connectivity index is 1.47. The van der Waals surface area contributed by atoms with Crippen molar-refractivity contribution in [1.82, 2.24) is 25.4 Å². The van der Waals surface area contributed by atoms with Crippen LogP contribution >= 0.6 is 0 Å². The van der Waals surface area contributed by atoms with E-state index in [1.54, 1.807) is 6.33 Å². The van der Waals surface area contributed by atoms with Gasteiger partial charge in [0.05, 0.1) is 6.54 Å². The molecule has 0 atom stereocenters. The molecule has 2 heterocycles. The molecule has 7 heteroatoms. The predicted molar refractivity (Wildman–Crippen MR) is 109 cm³/mol. The second kappa shape index (κ2) is 8.63. The smallest absolute Gasteiger partial charge is 0.194 e. The molecule has 2 aromatic rings. The molecular formula is C21H30N6O. The number of fused-ring (bicyclic) bond motifs is 1. The van der Waals surface area contributed by atoms with E-state index in [-0.39, 0.29) is 0 Å². The summed E-state index contributed by atoms with van der Waals surface area (Å²) in [5, 5.41) is 20.9. The van der Waals surface area contributed by atoms with E-state index >= 15 is 0 Å². The summed E-state index contributed by atoms with van der Waals surface area (Å²) >= 11 is 0. The van der Waals surface area contributed by atoms with Crippen LogP contribution in [0.25, 0.3) is 0 Å². The number of aryl methyl sites for hydroxylation is 1. The maximum atomic E-state index is 10.4. The number of hydrogen-bond donors (Lipinski definition) is 3. The van der Waals surface area contributed by atoms with Crippen LogP contribution in [0.4, 0.5) is 0 Å². The summed E-state index contributed by atoms with van der Waals surface area (Å²) in [6.45, 7) is 5.34. The lowest BCUT2D eigenvalue weighted by Crippen LogP contribution is -2.45. The quantitative estimate of drug-likeness (QED) is 0.559. The van der Waals surface area contributed by atoms with Crippen LogP contribution in [0.3, 0.4) is 0 Å². The molecule has 0 unspecified atom stereocenters. The second-order valence-electron chi connectivity index (χ2n) is 7.71. The molecule has 1 aliphatic heterocycles. The van der Waals surface area contributed by atoms with Crippen LogP contribution in [0.5, 0.6) is 5.75 Å². The first-order valence-corrected chi connectivity index (χ1v) is 10.5. The van der Waals surface area contributed by atoms with Gasteiger partial charge in [-0.2, -0.15) is 5.10 Å². The first-order valence-electron chi connectivity index (χ1n) is 10.5. The minimum absolute atomic E-state index is 0.379. The third-order valence-corrected chi connectivity index (χ3v) is 5.96. The van der Waals surface area contributed by atoms with Crippen LogP contribution in [-0.2, 0) is 19.4 Å². The summed E-state index contributed by atoms with van der Waals surface area (Å²) in [4.78, 5) is 11.5. The maximum Gasteiger partial charge on any atom is 0.194 e. The molecule has 1 fully saturated rings. The van der Waals surface area contributed by atoms with Crippen molar-refractivity contribution in [3.8, 4) is 5.75 Å². The fourth-order valence-corrected chi connectivity index (χ4v) is 4.42. The molecule has 1 aliphatic carbocycles. The molecule has 1 aromatic carbocycles. The van der Waals surface area contributed by atoms with Gasteiger partial charge in [0.1, 0.15) is 17.9 Å². The molecule has 0 saturated carbocycles. The van der Waals surface area contributed by atoms with Crippen molar-refractivity contribution >= 4 is 5.96 Å². The third-order valence-electron chi connectivity index (χ3n) is 5.96. The van der Waals surface area contributed by atoms with Gasteiger partial charge in [-0.05, 0) is 62.6 Å². The van der Waals surface area contributed by atoms with E-state index in [4.69, 9.17) is 4.99 Å². The van der Waals surface area contributed by atoms with Crippen molar-refractivity contribution < 1.29 is 5.11 Å². The Morgan fingerprint density at radius 2 is 2.11 bits per heavy atom. The highest BCUT2D eigenvalue weighted by atomic mass is 16.3. The van der Waals surface area contributed by atoms with Gasteiger partial charge in [0, 0.05) is 31.1 Å². The summed E-state index contributed by atoms with van der Waals surface area (Å²) in [6.07, 6.45) is 8.25. The molecule has 0 amide bonds. The number of nitrogens with zero attached hydrogens (tertiary/aromatic N) is 4. The number of aliphatic imine (C=N–C) groups is 1. The van der Waals surface area contributed by atoms with Gasteiger partial charge in [0.25, 0.3) is 0 Å². The van der Waals surface area contributed by atoms with Gasteiger partial charge in [0.15, 0.2) is 5.96 Å². The lowest BCUT2D eigenvalue weighted by Gasteiger charge is -2.33. The lowest BCUT2D eigenvalue weighted by molar-refractivity contribution is 0.298. The van der Waals surface area contributed by atoms with E-state index in [1.165, 1.54) is 24.0 Å². The Bertz CT molecular complexity index is 809. The van der Waals surface area contributed by atoms with Crippen LogP contribution in [0.2, 0.25) is 0 Å². The van der Waals surface area contributed by atoms with Crippen molar-refractivity contribution in [2.45, 2.75) is 57.9 Å². The monoisotopic (exact) mass is 382 g/mol. The van der Waals surface area contributed by atoms with E-state index < -0.39 is 0 Å². The molecule has 3 N–H and O–H groups in total. The Kier molecular flexibility index (Phi) is 5.78. The standard InChI is InChI=1S/C21H30N6O/c1-2-22-21(27-11-9-16(10-12-27)20-24-14-25-26-20)23-13-18-17-6-4-3-5-15(17)7-8-19(18)28/h7-8,14,16,28H,2-6,9-13H2,1H3,(H,22,23)(H,24,25,26). The Morgan fingerprint density at radius 3 is 2.86 bits per heavy atom. The number of benzene rings is 1. The predicted octanol–water partition coefficient (Wildman–Crippen LogP) is 2.73. The Hall–Kier alpha value is -2.57.